The van der Waals surface area contributed by atoms with Crippen molar-refractivity contribution in [3.05, 3.63) is 34.9 Å². The Labute approximate surface area is 94.2 Å². The fourth-order valence-corrected chi connectivity index (χ4v) is 2.01. The minimum absolute atomic E-state index is 0.0617. The van der Waals surface area contributed by atoms with Crippen molar-refractivity contribution in [1.29, 1.82) is 0 Å². The van der Waals surface area contributed by atoms with E-state index in [0.717, 1.165) is 12.0 Å². The van der Waals surface area contributed by atoms with Gasteiger partial charge in [0.25, 0.3) is 0 Å². The first-order chi connectivity index (χ1) is 7.45. The standard InChI is InChI=1S/C12H16NO3/c1-3-9-4-5-10-7-13(15,16)8(2)12(14)11(10)6-9/h4-6,8,15-16H,3,7H2,1-2H3/q+1. The molecule has 0 amide bonds. The van der Waals surface area contributed by atoms with E-state index in [0.29, 0.717) is 11.1 Å². The average molecular weight is 222 g/mol. The molecule has 1 atom stereocenters. The van der Waals surface area contributed by atoms with E-state index in [9.17, 15) is 15.2 Å². The normalized spacial score (nSPS) is 23.0. The number of carbonyl (C=O) groups excluding carboxylic acids is 1. The summed E-state index contributed by atoms with van der Waals surface area (Å²) in [6, 6.07) is 4.76. The lowest BCUT2D eigenvalue weighted by Crippen LogP contribution is -2.54. The van der Waals surface area contributed by atoms with Gasteiger partial charge in [-0.1, -0.05) is 19.1 Å². The number of hydrogen-bond donors (Lipinski definition) is 2. The third-order valence-corrected chi connectivity index (χ3v) is 3.25. The van der Waals surface area contributed by atoms with Crippen LogP contribution in [0.25, 0.3) is 0 Å². The Morgan fingerprint density at radius 3 is 2.75 bits per heavy atom. The molecule has 0 saturated heterocycles. The van der Waals surface area contributed by atoms with Crippen LogP contribution in [-0.2, 0) is 13.0 Å². The maximum Gasteiger partial charge on any atom is 0.226 e. The summed E-state index contributed by atoms with van der Waals surface area (Å²) < 4.78 is 0. The zero-order valence-corrected chi connectivity index (χ0v) is 9.47. The van der Waals surface area contributed by atoms with Crippen LogP contribution in [0, 0.1) is 0 Å². The van der Waals surface area contributed by atoms with E-state index in [4.69, 9.17) is 0 Å². The molecule has 0 radical (unpaired) electrons. The molecular weight excluding hydrogens is 206 g/mol. The SMILES string of the molecule is CCc1ccc2c(c1)C(=O)C(C)[N+](O)(O)C2. The van der Waals surface area contributed by atoms with Crippen molar-refractivity contribution < 1.29 is 20.0 Å². The van der Waals surface area contributed by atoms with Crippen LogP contribution in [0.4, 0.5) is 0 Å². The highest BCUT2D eigenvalue weighted by Gasteiger charge is 2.44. The molecule has 1 aromatic carbocycles. The van der Waals surface area contributed by atoms with Gasteiger partial charge in [0.15, 0.2) is 6.54 Å². The summed E-state index contributed by atoms with van der Waals surface area (Å²) in [7, 11) is 0. The molecule has 1 aliphatic heterocycles. The molecule has 0 saturated carbocycles. The molecule has 1 heterocycles. The van der Waals surface area contributed by atoms with Gasteiger partial charge in [0.2, 0.25) is 11.8 Å². The van der Waals surface area contributed by atoms with Gasteiger partial charge in [0.05, 0.1) is 0 Å². The third kappa shape index (κ3) is 1.65. The van der Waals surface area contributed by atoms with Gasteiger partial charge in [-0.3, -0.25) is 4.79 Å². The minimum atomic E-state index is -1.24. The van der Waals surface area contributed by atoms with Crippen LogP contribution in [0.2, 0.25) is 0 Å². The minimum Gasteiger partial charge on any atom is -0.287 e. The van der Waals surface area contributed by atoms with Gasteiger partial charge in [-0.25, -0.2) is 0 Å². The van der Waals surface area contributed by atoms with Crippen LogP contribution in [0.3, 0.4) is 0 Å². The van der Waals surface area contributed by atoms with Crippen molar-refractivity contribution in [2.75, 3.05) is 0 Å². The molecule has 0 spiro atoms. The Morgan fingerprint density at radius 1 is 1.44 bits per heavy atom. The summed E-state index contributed by atoms with van der Waals surface area (Å²) in [5, 5.41) is 19.3. The zero-order valence-electron chi connectivity index (χ0n) is 9.47. The number of fused-ring (bicyclic) bond motifs is 1. The largest absolute Gasteiger partial charge is 0.287 e. The lowest BCUT2D eigenvalue weighted by Gasteiger charge is -2.31. The Hall–Kier alpha value is -1.23. The van der Waals surface area contributed by atoms with Crippen molar-refractivity contribution >= 4 is 5.78 Å². The number of carbonyl (C=O) groups is 1. The quantitative estimate of drug-likeness (QED) is 0.714. The molecule has 0 aromatic heterocycles. The summed E-state index contributed by atoms with van der Waals surface area (Å²) in [4.78, 5) is 10.7. The summed E-state index contributed by atoms with van der Waals surface area (Å²) in [6.45, 7) is 3.62. The Morgan fingerprint density at radius 2 is 2.12 bits per heavy atom. The second-order valence-corrected chi connectivity index (χ2v) is 4.33. The van der Waals surface area contributed by atoms with Crippen LogP contribution >= 0.6 is 0 Å². The van der Waals surface area contributed by atoms with Crippen LogP contribution in [0.15, 0.2) is 18.2 Å². The first-order valence-electron chi connectivity index (χ1n) is 5.45. The van der Waals surface area contributed by atoms with E-state index in [1.54, 1.807) is 6.07 Å². The summed E-state index contributed by atoms with van der Waals surface area (Å²) in [5.74, 6) is -0.207. The molecule has 86 valence electrons. The highest BCUT2D eigenvalue weighted by molar-refractivity contribution is 6.01. The van der Waals surface area contributed by atoms with Crippen molar-refractivity contribution in [3.63, 3.8) is 0 Å². The molecule has 1 unspecified atom stereocenters. The second-order valence-electron chi connectivity index (χ2n) is 4.33. The summed E-state index contributed by atoms with van der Waals surface area (Å²) >= 11 is 0. The third-order valence-electron chi connectivity index (χ3n) is 3.25. The molecule has 0 aliphatic carbocycles. The maximum atomic E-state index is 12.0. The van der Waals surface area contributed by atoms with Crippen LogP contribution in [0.1, 0.15) is 35.3 Å². The summed E-state index contributed by atoms with van der Waals surface area (Å²) in [5.41, 5.74) is 2.42. The number of quaternary nitrogens is 1. The number of benzene rings is 1. The number of ketones is 1. The van der Waals surface area contributed by atoms with Crippen LogP contribution < -0.4 is 0 Å². The van der Waals surface area contributed by atoms with E-state index in [1.165, 1.54) is 6.92 Å². The predicted octanol–water partition coefficient (Wildman–Crippen LogP) is 1.93. The second kappa shape index (κ2) is 3.66. The number of hydrogen-bond acceptors (Lipinski definition) is 3. The number of hydroxylamine groups is 4. The Kier molecular flexibility index (Phi) is 2.58. The molecule has 2 rings (SSSR count). The summed E-state index contributed by atoms with van der Waals surface area (Å²) in [6.07, 6.45) is 0.868. The van der Waals surface area contributed by atoms with E-state index >= 15 is 0 Å². The first-order valence-corrected chi connectivity index (χ1v) is 5.45. The Balaban J connectivity index is 2.51. The Bertz CT molecular complexity index is 440. The van der Waals surface area contributed by atoms with Crippen molar-refractivity contribution in [1.82, 2.24) is 0 Å². The fourth-order valence-electron chi connectivity index (χ4n) is 2.01. The van der Waals surface area contributed by atoms with Gasteiger partial charge in [0, 0.05) is 18.1 Å². The zero-order chi connectivity index (χ0) is 11.9. The smallest absolute Gasteiger partial charge is 0.226 e. The first kappa shape index (κ1) is 11.3. The molecule has 1 aliphatic rings. The fraction of sp³-hybridized carbons (Fsp3) is 0.417. The lowest BCUT2D eigenvalue weighted by molar-refractivity contribution is -1.26. The molecule has 16 heavy (non-hydrogen) atoms. The molecule has 1 aromatic rings. The number of nitrogens with zero attached hydrogens (tertiary/aromatic N) is 1. The van der Waals surface area contributed by atoms with E-state index < -0.39 is 10.9 Å². The molecule has 2 N–H and O–H groups in total. The molecular formula is C12H16NO3+. The molecule has 4 heteroatoms. The molecule has 4 nitrogen and oxygen atoms in total. The van der Waals surface area contributed by atoms with Gasteiger partial charge in [-0.2, -0.15) is 10.4 Å². The number of rotatable bonds is 1. The van der Waals surface area contributed by atoms with Gasteiger partial charge < -0.3 is 0 Å². The van der Waals surface area contributed by atoms with Crippen LogP contribution in [0.5, 0.6) is 0 Å². The van der Waals surface area contributed by atoms with Crippen molar-refractivity contribution in [2.45, 2.75) is 32.9 Å². The number of Topliss-reactive ketones (excluding diaryl/α,β-unsaturated/α-hetero) is 1. The van der Waals surface area contributed by atoms with E-state index in [-0.39, 0.29) is 12.3 Å². The van der Waals surface area contributed by atoms with Gasteiger partial charge >= 0.3 is 0 Å². The van der Waals surface area contributed by atoms with Crippen molar-refractivity contribution in [3.8, 4) is 0 Å². The highest BCUT2D eigenvalue weighted by Crippen LogP contribution is 2.27. The lowest BCUT2D eigenvalue weighted by atomic mass is 9.92. The predicted molar refractivity (Wildman–Crippen MR) is 57.1 cm³/mol. The average Bonchev–Trinajstić information content (AvgIpc) is 2.25. The van der Waals surface area contributed by atoms with Gasteiger partial charge in [-0.15, -0.1) is 0 Å². The van der Waals surface area contributed by atoms with E-state index in [1.807, 2.05) is 19.1 Å². The topological polar surface area (TPSA) is 57.5 Å². The highest BCUT2D eigenvalue weighted by atomic mass is 16.8. The van der Waals surface area contributed by atoms with Gasteiger partial charge in [0.1, 0.15) is 0 Å². The number of aryl methyl sites for hydroxylation is 1. The van der Waals surface area contributed by atoms with Gasteiger partial charge in [-0.05, 0) is 22.9 Å². The monoisotopic (exact) mass is 222 g/mol. The van der Waals surface area contributed by atoms with Crippen molar-refractivity contribution in [2.24, 2.45) is 0 Å². The maximum absolute atomic E-state index is 12.0. The van der Waals surface area contributed by atoms with Crippen LogP contribution in [-0.4, -0.2) is 27.0 Å². The van der Waals surface area contributed by atoms with E-state index in [2.05, 4.69) is 0 Å². The molecule has 0 bridgehead atoms. The molecule has 0 fully saturated rings.